The van der Waals surface area contributed by atoms with Crippen LogP contribution in [0.3, 0.4) is 0 Å². The van der Waals surface area contributed by atoms with Gasteiger partial charge in [0.25, 0.3) is 0 Å². The van der Waals surface area contributed by atoms with E-state index in [-0.39, 0.29) is 18.7 Å². The summed E-state index contributed by atoms with van der Waals surface area (Å²) in [5.41, 5.74) is 0.939. The largest absolute Gasteiger partial charge is 0.396 e. The quantitative estimate of drug-likeness (QED) is 0.767. The fourth-order valence-electron chi connectivity index (χ4n) is 2.16. The molecule has 21 heavy (non-hydrogen) atoms. The highest BCUT2D eigenvalue weighted by Crippen LogP contribution is 2.20. The molecule has 5 nitrogen and oxygen atoms in total. The summed E-state index contributed by atoms with van der Waals surface area (Å²) in [6, 6.07) is 7.33. The lowest BCUT2D eigenvalue weighted by Gasteiger charge is -2.21. The van der Waals surface area contributed by atoms with E-state index in [0.29, 0.717) is 4.90 Å². The van der Waals surface area contributed by atoms with E-state index in [1.54, 1.807) is 18.2 Å². The minimum absolute atomic E-state index is 0.0519. The number of aliphatic hydroxyl groups excluding tert-OH is 1. The van der Waals surface area contributed by atoms with Crippen molar-refractivity contribution in [1.82, 2.24) is 9.62 Å². The number of benzene rings is 1. The van der Waals surface area contributed by atoms with Gasteiger partial charge in [0.2, 0.25) is 10.0 Å². The number of nitrogens with zero attached hydrogens (tertiary/aromatic N) is 1. The second kappa shape index (κ2) is 7.89. The molecule has 0 fully saturated rings. The molecule has 1 aromatic carbocycles. The van der Waals surface area contributed by atoms with Gasteiger partial charge in [-0.05, 0) is 44.4 Å². The molecule has 0 spiro atoms. The summed E-state index contributed by atoms with van der Waals surface area (Å²) >= 11 is 0. The van der Waals surface area contributed by atoms with Crippen molar-refractivity contribution < 1.29 is 13.5 Å². The maximum absolute atomic E-state index is 12.1. The van der Waals surface area contributed by atoms with E-state index in [1.807, 2.05) is 13.0 Å². The van der Waals surface area contributed by atoms with Crippen LogP contribution in [-0.4, -0.2) is 44.6 Å². The zero-order chi connectivity index (χ0) is 16.0. The Morgan fingerprint density at radius 2 is 1.95 bits per heavy atom. The zero-order valence-corrected chi connectivity index (χ0v) is 14.0. The number of hydrogen-bond donors (Lipinski definition) is 2. The molecule has 2 N–H and O–H groups in total. The van der Waals surface area contributed by atoms with Crippen LogP contribution in [0.2, 0.25) is 0 Å². The standard InChI is InChI=1S/C15H26N2O3S/c1-12(7-6-10-18)16-13(2)14-8-5-9-15(11-14)21(19,20)17(3)4/h5,8-9,11-13,16,18H,6-7,10H2,1-4H3. The fraction of sp³-hybridized carbons (Fsp3) is 0.600. The van der Waals surface area contributed by atoms with Crippen LogP contribution >= 0.6 is 0 Å². The third kappa shape index (κ3) is 5.07. The number of hydrogen-bond acceptors (Lipinski definition) is 4. The minimum Gasteiger partial charge on any atom is -0.396 e. The molecule has 120 valence electrons. The molecule has 0 saturated carbocycles. The molecule has 0 bridgehead atoms. The summed E-state index contributed by atoms with van der Waals surface area (Å²) in [4.78, 5) is 0.307. The second-order valence-corrected chi connectivity index (χ2v) is 7.67. The first kappa shape index (κ1) is 18.1. The van der Waals surface area contributed by atoms with Crippen LogP contribution in [0.25, 0.3) is 0 Å². The van der Waals surface area contributed by atoms with Crippen LogP contribution in [0.1, 0.15) is 38.3 Å². The van der Waals surface area contributed by atoms with Crippen molar-refractivity contribution in [3.05, 3.63) is 29.8 Å². The van der Waals surface area contributed by atoms with Crippen molar-refractivity contribution in [3.63, 3.8) is 0 Å². The highest BCUT2D eigenvalue weighted by molar-refractivity contribution is 7.89. The van der Waals surface area contributed by atoms with Crippen molar-refractivity contribution >= 4 is 10.0 Å². The van der Waals surface area contributed by atoms with Crippen LogP contribution in [0.5, 0.6) is 0 Å². The van der Waals surface area contributed by atoms with Gasteiger partial charge in [-0.2, -0.15) is 0 Å². The summed E-state index contributed by atoms with van der Waals surface area (Å²) in [6.45, 7) is 4.26. The summed E-state index contributed by atoms with van der Waals surface area (Å²) in [5.74, 6) is 0. The van der Waals surface area contributed by atoms with Crippen molar-refractivity contribution in [1.29, 1.82) is 0 Å². The number of nitrogens with one attached hydrogen (secondary N) is 1. The zero-order valence-electron chi connectivity index (χ0n) is 13.2. The van der Waals surface area contributed by atoms with Gasteiger partial charge in [-0.15, -0.1) is 0 Å². The van der Waals surface area contributed by atoms with E-state index in [2.05, 4.69) is 12.2 Å². The monoisotopic (exact) mass is 314 g/mol. The van der Waals surface area contributed by atoms with E-state index in [0.717, 1.165) is 18.4 Å². The van der Waals surface area contributed by atoms with Gasteiger partial charge in [0.1, 0.15) is 0 Å². The molecule has 0 saturated heterocycles. The Hall–Kier alpha value is -0.950. The summed E-state index contributed by atoms with van der Waals surface area (Å²) in [7, 11) is -0.346. The first-order valence-electron chi connectivity index (χ1n) is 7.18. The predicted octanol–water partition coefficient (Wildman–Crippen LogP) is 1.75. The average Bonchev–Trinajstić information content (AvgIpc) is 2.45. The Morgan fingerprint density at radius 1 is 1.29 bits per heavy atom. The van der Waals surface area contributed by atoms with Gasteiger partial charge >= 0.3 is 0 Å². The minimum atomic E-state index is -3.40. The first-order valence-corrected chi connectivity index (χ1v) is 8.62. The molecule has 0 aliphatic carbocycles. The molecule has 0 aliphatic rings. The summed E-state index contributed by atoms with van der Waals surface area (Å²) in [6.07, 6.45) is 1.65. The van der Waals surface area contributed by atoms with Gasteiger partial charge in [0.05, 0.1) is 4.90 Å². The average molecular weight is 314 g/mol. The van der Waals surface area contributed by atoms with E-state index in [4.69, 9.17) is 5.11 Å². The van der Waals surface area contributed by atoms with Gasteiger partial charge in [0, 0.05) is 32.8 Å². The molecule has 0 heterocycles. The van der Waals surface area contributed by atoms with E-state index < -0.39 is 10.0 Å². The van der Waals surface area contributed by atoms with E-state index in [9.17, 15) is 8.42 Å². The van der Waals surface area contributed by atoms with Gasteiger partial charge in [0.15, 0.2) is 0 Å². The highest BCUT2D eigenvalue weighted by Gasteiger charge is 2.18. The predicted molar refractivity (Wildman–Crippen MR) is 84.6 cm³/mol. The molecular weight excluding hydrogens is 288 g/mol. The molecular formula is C15H26N2O3S. The first-order chi connectivity index (χ1) is 9.78. The maximum Gasteiger partial charge on any atom is 0.242 e. The number of aliphatic hydroxyl groups is 1. The molecule has 1 aromatic rings. The highest BCUT2D eigenvalue weighted by atomic mass is 32.2. The normalized spacial score (nSPS) is 15.1. The van der Waals surface area contributed by atoms with Crippen LogP contribution < -0.4 is 5.32 Å². The topological polar surface area (TPSA) is 69.6 Å². The molecule has 0 aliphatic heterocycles. The lowest BCUT2D eigenvalue weighted by molar-refractivity contribution is 0.274. The fourth-order valence-corrected chi connectivity index (χ4v) is 3.12. The van der Waals surface area contributed by atoms with Crippen LogP contribution in [0.15, 0.2) is 29.2 Å². The smallest absolute Gasteiger partial charge is 0.242 e. The Labute approximate surface area is 128 Å². The van der Waals surface area contributed by atoms with Gasteiger partial charge < -0.3 is 10.4 Å². The Morgan fingerprint density at radius 3 is 2.52 bits per heavy atom. The molecule has 0 amide bonds. The Kier molecular flexibility index (Phi) is 6.80. The third-order valence-corrected chi connectivity index (χ3v) is 5.28. The molecule has 6 heteroatoms. The van der Waals surface area contributed by atoms with Crippen molar-refractivity contribution in [2.45, 2.75) is 43.7 Å². The molecule has 2 atom stereocenters. The Bertz CT molecular complexity index is 544. The second-order valence-electron chi connectivity index (χ2n) is 5.52. The summed E-state index contributed by atoms with van der Waals surface area (Å²) in [5, 5.41) is 12.3. The Balaban J connectivity index is 2.85. The SMILES string of the molecule is CC(CCCO)NC(C)c1cccc(S(=O)(=O)N(C)C)c1. The van der Waals surface area contributed by atoms with Crippen LogP contribution in [0, 0.1) is 0 Å². The van der Waals surface area contributed by atoms with E-state index in [1.165, 1.54) is 18.4 Å². The van der Waals surface area contributed by atoms with Crippen molar-refractivity contribution in [2.24, 2.45) is 0 Å². The van der Waals surface area contributed by atoms with Crippen molar-refractivity contribution in [3.8, 4) is 0 Å². The lowest BCUT2D eigenvalue weighted by Crippen LogP contribution is -2.29. The summed E-state index contributed by atoms with van der Waals surface area (Å²) < 4.78 is 25.5. The van der Waals surface area contributed by atoms with Crippen LogP contribution in [0.4, 0.5) is 0 Å². The third-order valence-electron chi connectivity index (χ3n) is 3.47. The van der Waals surface area contributed by atoms with Gasteiger partial charge in [-0.25, -0.2) is 12.7 Å². The molecule has 1 rings (SSSR count). The molecule has 2 unspecified atom stereocenters. The molecule has 0 aromatic heterocycles. The van der Waals surface area contributed by atoms with Crippen LogP contribution in [-0.2, 0) is 10.0 Å². The number of rotatable bonds is 8. The van der Waals surface area contributed by atoms with Gasteiger partial charge in [-0.1, -0.05) is 12.1 Å². The van der Waals surface area contributed by atoms with Crippen molar-refractivity contribution in [2.75, 3.05) is 20.7 Å². The maximum atomic E-state index is 12.1. The molecule has 0 radical (unpaired) electrons. The van der Waals surface area contributed by atoms with Gasteiger partial charge in [-0.3, -0.25) is 0 Å². The lowest BCUT2D eigenvalue weighted by atomic mass is 10.1. The van der Waals surface area contributed by atoms with E-state index >= 15 is 0 Å². The number of sulfonamides is 1.